The van der Waals surface area contributed by atoms with Crippen molar-refractivity contribution in [2.75, 3.05) is 19.6 Å². The summed E-state index contributed by atoms with van der Waals surface area (Å²) in [4.78, 5) is 14.8. The zero-order valence-corrected chi connectivity index (χ0v) is 12.9. The average Bonchev–Trinajstić information content (AvgIpc) is 2.47. The first kappa shape index (κ1) is 14.8. The highest BCUT2D eigenvalue weighted by atomic mass is 16.2. The summed E-state index contributed by atoms with van der Waals surface area (Å²) in [6.07, 6.45) is 8.25. The molecule has 1 N–H and O–H groups in total. The summed E-state index contributed by atoms with van der Waals surface area (Å²) in [6.45, 7) is 9.59. The number of rotatable bonds is 3. The lowest BCUT2D eigenvalue weighted by molar-refractivity contribution is -0.141. The van der Waals surface area contributed by atoms with Gasteiger partial charge < -0.3 is 10.2 Å². The normalized spacial score (nSPS) is 31.2. The molecular weight excluding hydrogens is 236 g/mol. The molecule has 3 nitrogen and oxygen atoms in total. The number of nitrogens with one attached hydrogen (secondary N) is 1. The van der Waals surface area contributed by atoms with Crippen molar-refractivity contribution in [1.82, 2.24) is 10.2 Å². The molecule has 0 aliphatic carbocycles. The van der Waals surface area contributed by atoms with Crippen LogP contribution in [0.4, 0.5) is 0 Å². The highest BCUT2D eigenvalue weighted by Crippen LogP contribution is 2.38. The number of carbonyl (C=O) groups is 1. The molecule has 0 bridgehead atoms. The molecule has 1 amide bonds. The molecule has 0 saturated carbocycles. The van der Waals surface area contributed by atoms with Gasteiger partial charge >= 0.3 is 0 Å². The van der Waals surface area contributed by atoms with Crippen LogP contribution in [-0.2, 0) is 4.79 Å². The van der Waals surface area contributed by atoms with E-state index in [-0.39, 0.29) is 5.54 Å². The van der Waals surface area contributed by atoms with Crippen LogP contribution in [0.1, 0.15) is 65.7 Å². The van der Waals surface area contributed by atoms with Gasteiger partial charge in [0.2, 0.25) is 5.91 Å². The van der Waals surface area contributed by atoms with Gasteiger partial charge in [0, 0.05) is 13.1 Å². The summed E-state index contributed by atoms with van der Waals surface area (Å²) < 4.78 is 0. The summed E-state index contributed by atoms with van der Waals surface area (Å²) in [6, 6.07) is 0. The number of carbonyl (C=O) groups excluding carboxylic acids is 1. The fraction of sp³-hybridized carbons (Fsp3) is 0.938. The Kier molecular flexibility index (Phi) is 4.54. The molecule has 0 aromatic heterocycles. The van der Waals surface area contributed by atoms with Gasteiger partial charge in [-0.3, -0.25) is 4.79 Å². The summed E-state index contributed by atoms with van der Waals surface area (Å²) in [7, 11) is 0. The van der Waals surface area contributed by atoms with E-state index in [1.807, 2.05) is 0 Å². The standard InChI is InChI=1S/C16H30N2O/c1-4-16(5-2)9-12-18(13-10-16)14(19)15(3)8-6-7-11-17-15/h17H,4-13H2,1-3H3. The Labute approximate surface area is 118 Å². The minimum atomic E-state index is -0.295. The molecule has 3 heteroatoms. The van der Waals surface area contributed by atoms with Crippen molar-refractivity contribution in [1.29, 1.82) is 0 Å². The Morgan fingerprint density at radius 3 is 2.21 bits per heavy atom. The Hall–Kier alpha value is -0.570. The maximum atomic E-state index is 12.7. The number of amides is 1. The molecule has 2 aliphatic rings. The second-order valence-corrected chi connectivity index (χ2v) is 6.72. The lowest BCUT2D eigenvalue weighted by Gasteiger charge is -2.44. The van der Waals surface area contributed by atoms with E-state index in [9.17, 15) is 4.79 Å². The quantitative estimate of drug-likeness (QED) is 0.852. The Morgan fingerprint density at radius 1 is 1.11 bits per heavy atom. The van der Waals surface area contributed by atoms with E-state index in [1.165, 1.54) is 38.5 Å². The van der Waals surface area contributed by atoms with Crippen molar-refractivity contribution < 1.29 is 4.79 Å². The van der Waals surface area contributed by atoms with Crippen molar-refractivity contribution in [3.05, 3.63) is 0 Å². The van der Waals surface area contributed by atoms with Crippen LogP contribution in [0.5, 0.6) is 0 Å². The van der Waals surface area contributed by atoms with Crippen LogP contribution in [0, 0.1) is 5.41 Å². The number of nitrogens with zero attached hydrogens (tertiary/aromatic N) is 1. The molecule has 2 fully saturated rings. The van der Waals surface area contributed by atoms with Crippen molar-refractivity contribution >= 4 is 5.91 Å². The third kappa shape index (κ3) is 2.96. The maximum absolute atomic E-state index is 12.7. The van der Waals surface area contributed by atoms with Gasteiger partial charge in [0.1, 0.15) is 0 Å². The molecule has 0 aromatic rings. The predicted octanol–water partition coefficient (Wildman–Crippen LogP) is 2.95. The minimum Gasteiger partial charge on any atom is -0.341 e. The highest BCUT2D eigenvalue weighted by molar-refractivity contribution is 5.86. The van der Waals surface area contributed by atoms with Crippen LogP contribution < -0.4 is 5.32 Å². The third-order valence-corrected chi connectivity index (χ3v) is 5.70. The van der Waals surface area contributed by atoms with Crippen molar-refractivity contribution in [3.63, 3.8) is 0 Å². The second kappa shape index (κ2) is 5.82. The molecule has 0 radical (unpaired) electrons. The summed E-state index contributed by atoms with van der Waals surface area (Å²) in [5.41, 5.74) is 0.203. The fourth-order valence-electron chi connectivity index (χ4n) is 3.73. The Morgan fingerprint density at radius 2 is 1.74 bits per heavy atom. The number of hydrogen-bond acceptors (Lipinski definition) is 2. The lowest BCUT2D eigenvalue weighted by atomic mass is 9.74. The topological polar surface area (TPSA) is 32.3 Å². The van der Waals surface area contributed by atoms with Crippen LogP contribution in [0.15, 0.2) is 0 Å². The monoisotopic (exact) mass is 266 g/mol. The molecule has 110 valence electrons. The number of piperidine rings is 2. The van der Waals surface area contributed by atoms with Gasteiger partial charge in [-0.15, -0.1) is 0 Å². The number of hydrogen-bond donors (Lipinski definition) is 1. The van der Waals surface area contributed by atoms with Gasteiger partial charge in [-0.05, 0) is 51.0 Å². The van der Waals surface area contributed by atoms with E-state index >= 15 is 0 Å². The Balaban J connectivity index is 1.95. The van der Waals surface area contributed by atoms with Gasteiger partial charge in [0.15, 0.2) is 0 Å². The molecule has 2 aliphatic heterocycles. The van der Waals surface area contributed by atoms with Crippen LogP contribution in [-0.4, -0.2) is 36.0 Å². The van der Waals surface area contributed by atoms with Gasteiger partial charge in [-0.1, -0.05) is 26.7 Å². The van der Waals surface area contributed by atoms with Gasteiger partial charge in [0.05, 0.1) is 5.54 Å². The minimum absolute atomic E-state index is 0.295. The average molecular weight is 266 g/mol. The molecule has 1 atom stereocenters. The van der Waals surface area contributed by atoms with Gasteiger partial charge in [-0.25, -0.2) is 0 Å². The van der Waals surface area contributed by atoms with Crippen molar-refractivity contribution in [2.24, 2.45) is 5.41 Å². The van der Waals surface area contributed by atoms with Crippen molar-refractivity contribution in [2.45, 2.75) is 71.3 Å². The third-order valence-electron chi connectivity index (χ3n) is 5.70. The summed E-state index contributed by atoms with van der Waals surface area (Å²) in [5.74, 6) is 0.341. The SMILES string of the molecule is CCC1(CC)CCN(C(=O)C2(C)CCCCN2)CC1. The first-order chi connectivity index (χ1) is 9.05. The molecule has 2 saturated heterocycles. The van der Waals surface area contributed by atoms with Gasteiger partial charge in [0.25, 0.3) is 0 Å². The highest BCUT2D eigenvalue weighted by Gasteiger charge is 2.40. The first-order valence-electron chi connectivity index (χ1n) is 8.10. The molecule has 1 unspecified atom stereocenters. The van der Waals surface area contributed by atoms with E-state index in [4.69, 9.17) is 0 Å². The molecule has 2 heterocycles. The summed E-state index contributed by atoms with van der Waals surface area (Å²) in [5, 5.41) is 3.45. The second-order valence-electron chi connectivity index (χ2n) is 6.72. The fourth-order valence-corrected chi connectivity index (χ4v) is 3.73. The number of likely N-dealkylation sites (tertiary alicyclic amines) is 1. The molecule has 2 rings (SSSR count). The first-order valence-corrected chi connectivity index (χ1v) is 8.10. The largest absolute Gasteiger partial charge is 0.341 e. The van der Waals surface area contributed by atoms with Crippen LogP contribution in [0.25, 0.3) is 0 Å². The summed E-state index contributed by atoms with van der Waals surface area (Å²) >= 11 is 0. The van der Waals surface area contributed by atoms with Crippen LogP contribution in [0.2, 0.25) is 0 Å². The van der Waals surface area contributed by atoms with Gasteiger partial charge in [-0.2, -0.15) is 0 Å². The molecule has 19 heavy (non-hydrogen) atoms. The van der Waals surface area contributed by atoms with Crippen LogP contribution in [0.3, 0.4) is 0 Å². The molecule has 0 aromatic carbocycles. The van der Waals surface area contributed by atoms with Crippen LogP contribution >= 0.6 is 0 Å². The van der Waals surface area contributed by atoms with E-state index in [0.29, 0.717) is 11.3 Å². The van der Waals surface area contributed by atoms with E-state index in [2.05, 4.69) is 31.0 Å². The zero-order chi connectivity index (χ0) is 13.9. The predicted molar refractivity (Wildman–Crippen MR) is 79.1 cm³/mol. The van der Waals surface area contributed by atoms with E-state index in [0.717, 1.165) is 26.1 Å². The van der Waals surface area contributed by atoms with Crippen molar-refractivity contribution in [3.8, 4) is 0 Å². The maximum Gasteiger partial charge on any atom is 0.242 e. The molecular formula is C16H30N2O. The van der Waals surface area contributed by atoms with E-state index < -0.39 is 0 Å². The lowest BCUT2D eigenvalue weighted by Crippen LogP contribution is -2.59. The van der Waals surface area contributed by atoms with E-state index in [1.54, 1.807) is 0 Å². The zero-order valence-electron chi connectivity index (χ0n) is 12.9. The Bertz CT molecular complexity index is 307. The smallest absolute Gasteiger partial charge is 0.242 e. The molecule has 0 spiro atoms.